The molecule has 0 bridgehead atoms. The molecule has 1 aliphatic carbocycles. The second-order valence-electron chi connectivity index (χ2n) is 6.42. The summed E-state index contributed by atoms with van der Waals surface area (Å²) in [5.41, 5.74) is 1.12. The summed E-state index contributed by atoms with van der Waals surface area (Å²) in [7, 11) is 0. The molecule has 0 spiro atoms. The van der Waals surface area contributed by atoms with Gasteiger partial charge < -0.3 is 0 Å². The van der Waals surface area contributed by atoms with Crippen molar-refractivity contribution in [2.24, 2.45) is 22.7 Å². The first kappa shape index (κ1) is 13.8. The monoisotopic (exact) mass is 323 g/mol. The zero-order chi connectivity index (χ0) is 11.7. The van der Waals surface area contributed by atoms with Gasteiger partial charge in [0.15, 0.2) is 0 Å². The first-order valence-electron chi connectivity index (χ1n) is 6.30. The van der Waals surface area contributed by atoms with Gasteiger partial charge in [-0.3, -0.25) is 0 Å². The van der Waals surface area contributed by atoms with Gasteiger partial charge >= 0.3 is 107 Å². The summed E-state index contributed by atoms with van der Waals surface area (Å²) in [5, 5.41) is 0. The molecule has 1 heteroatoms. The van der Waals surface area contributed by atoms with Gasteiger partial charge in [-0.05, 0) is 0 Å². The molecule has 0 radical (unpaired) electrons. The fraction of sp³-hybridized carbons (Fsp3) is 1.00. The third-order valence-electron chi connectivity index (χ3n) is 4.78. The number of alkyl halides is 2. The summed E-state index contributed by atoms with van der Waals surface area (Å²) >= 11 is 0.412. The van der Waals surface area contributed by atoms with Crippen LogP contribution in [-0.2, 0) is 0 Å². The molecule has 1 rings (SSSR count). The van der Waals surface area contributed by atoms with E-state index in [2.05, 4.69) is 39.5 Å². The van der Waals surface area contributed by atoms with Crippen LogP contribution in [-0.4, -0.2) is 9.36 Å². The van der Waals surface area contributed by atoms with Crippen LogP contribution in [0.15, 0.2) is 0 Å². The average Bonchev–Trinajstić information content (AvgIpc) is 2.09. The third-order valence-corrected chi connectivity index (χ3v) is 6.81. The maximum atomic E-state index is 2.51. The van der Waals surface area contributed by atoms with Gasteiger partial charge in [-0.15, -0.1) is 0 Å². The molecule has 0 heterocycles. The molecule has 1 aliphatic rings. The summed E-state index contributed by atoms with van der Waals surface area (Å²) in [5.74, 6) is 1.86. The van der Waals surface area contributed by atoms with Crippen LogP contribution >= 0.6 is 0 Å². The second kappa shape index (κ2) is 4.93. The fourth-order valence-electron chi connectivity index (χ4n) is 3.89. The zero-order valence-electron chi connectivity index (χ0n) is 11.4. The van der Waals surface area contributed by atoms with E-state index in [1.165, 1.54) is 23.7 Å². The molecule has 92 valence electrons. The van der Waals surface area contributed by atoms with E-state index in [0.717, 1.165) is 11.8 Å². The van der Waals surface area contributed by atoms with Crippen molar-refractivity contribution >= 4 is 0 Å². The van der Waals surface area contributed by atoms with Crippen LogP contribution in [0.2, 0.25) is 0 Å². The summed E-state index contributed by atoms with van der Waals surface area (Å²) in [4.78, 5) is 2.46. The minimum atomic E-state index is 0.412. The van der Waals surface area contributed by atoms with E-state index < -0.39 is 0 Å². The van der Waals surface area contributed by atoms with Crippen molar-refractivity contribution < 1.29 is 21.2 Å². The molecule has 1 fully saturated rings. The standard InChI is InChI=1S/C14H28I/c1-11-8-7-9-12(2)14(11,10-15-6)13(3,4)5/h11-12H,7-10H2,1-6H3/q-1. The predicted octanol–water partition coefficient (Wildman–Crippen LogP) is 1.19. The van der Waals surface area contributed by atoms with Crippen LogP contribution in [0.25, 0.3) is 0 Å². The fourth-order valence-corrected chi connectivity index (χ4v) is 7.80. The van der Waals surface area contributed by atoms with Crippen LogP contribution < -0.4 is 21.2 Å². The van der Waals surface area contributed by atoms with Gasteiger partial charge in [0.2, 0.25) is 0 Å². The van der Waals surface area contributed by atoms with Gasteiger partial charge in [-0.1, -0.05) is 0 Å². The Morgan fingerprint density at radius 3 is 1.93 bits per heavy atom. The van der Waals surface area contributed by atoms with Gasteiger partial charge in [-0.25, -0.2) is 0 Å². The quantitative estimate of drug-likeness (QED) is 0.529. The Labute approximate surface area is 107 Å². The molecule has 0 N–H and O–H groups in total. The van der Waals surface area contributed by atoms with Gasteiger partial charge in [0.1, 0.15) is 0 Å². The Morgan fingerprint density at radius 1 is 1.13 bits per heavy atom. The summed E-state index contributed by atoms with van der Waals surface area (Å²) in [6, 6.07) is 0. The molecule has 0 amide bonds. The van der Waals surface area contributed by atoms with E-state index in [1.54, 1.807) is 0 Å². The van der Waals surface area contributed by atoms with Crippen LogP contribution in [0.4, 0.5) is 0 Å². The number of rotatable bonds is 2. The van der Waals surface area contributed by atoms with Gasteiger partial charge in [0.05, 0.1) is 0 Å². The van der Waals surface area contributed by atoms with E-state index in [-0.39, 0.29) is 0 Å². The van der Waals surface area contributed by atoms with Crippen molar-refractivity contribution in [2.75, 3.05) is 9.36 Å². The van der Waals surface area contributed by atoms with Crippen LogP contribution in [0.5, 0.6) is 0 Å². The third kappa shape index (κ3) is 2.37. The van der Waals surface area contributed by atoms with Crippen molar-refractivity contribution in [1.82, 2.24) is 0 Å². The van der Waals surface area contributed by atoms with Crippen LogP contribution in [0.1, 0.15) is 53.9 Å². The Bertz CT molecular complexity index is 192. The molecule has 1 saturated carbocycles. The molecule has 0 aliphatic heterocycles. The number of hydrogen-bond donors (Lipinski definition) is 0. The second-order valence-corrected chi connectivity index (χ2v) is 8.71. The van der Waals surface area contributed by atoms with Gasteiger partial charge in [-0.2, -0.15) is 0 Å². The predicted molar refractivity (Wildman–Crippen MR) is 64.9 cm³/mol. The van der Waals surface area contributed by atoms with E-state index in [1.807, 2.05) is 0 Å². The molecular formula is C14H28I-. The molecule has 0 aromatic heterocycles. The zero-order valence-corrected chi connectivity index (χ0v) is 13.5. The van der Waals surface area contributed by atoms with Gasteiger partial charge in [0, 0.05) is 0 Å². The normalized spacial score (nSPS) is 38.3. The molecule has 15 heavy (non-hydrogen) atoms. The average molecular weight is 323 g/mol. The minimum absolute atomic E-state index is 0.412. The summed E-state index contributed by atoms with van der Waals surface area (Å²) in [6.45, 7) is 12.5. The van der Waals surface area contributed by atoms with Crippen LogP contribution in [0, 0.1) is 22.7 Å². The molecule has 2 unspecified atom stereocenters. The van der Waals surface area contributed by atoms with Crippen LogP contribution in [0.3, 0.4) is 0 Å². The summed E-state index contributed by atoms with van der Waals surface area (Å²) < 4.78 is 1.53. The Balaban J connectivity index is 3.04. The number of halogens is 1. The Hall–Kier alpha value is 0.730. The maximum absolute atomic E-state index is 2.51. The first-order valence-corrected chi connectivity index (χ1v) is 9.98. The van der Waals surface area contributed by atoms with E-state index in [9.17, 15) is 0 Å². The van der Waals surface area contributed by atoms with E-state index in [4.69, 9.17) is 0 Å². The molecule has 0 nitrogen and oxygen atoms in total. The van der Waals surface area contributed by atoms with Crippen molar-refractivity contribution in [2.45, 2.75) is 53.9 Å². The van der Waals surface area contributed by atoms with Crippen molar-refractivity contribution in [3.05, 3.63) is 0 Å². The molecule has 2 atom stereocenters. The van der Waals surface area contributed by atoms with Crippen molar-refractivity contribution in [3.63, 3.8) is 0 Å². The SMILES string of the molecule is C[I-]CC1(C(C)(C)C)C(C)CCCC1C. The number of hydrogen-bond acceptors (Lipinski definition) is 0. The topological polar surface area (TPSA) is 0 Å². The Morgan fingerprint density at radius 2 is 1.60 bits per heavy atom. The first-order chi connectivity index (χ1) is 6.86. The summed E-state index contributed by atoms with van der Waals surface area (Å²) in [6.07, 6.45) is 4.39. The molecule has 0 aromatic carbocycles. The van der Waals surface area contributed by atoms with Crippen molar-refractivity contribution in [1.29, 1.82) is 0 Å². The van der Waals surface area contributed by atoms with Gasteiger partial charge in [0.25, 0.3) is 0 Å². The van der Waals surface area contributed by atoms with E-state index >= 15 is 0 Å². The molecular weight excluding hydrogens is 295 g/mol. The Kier molecular flexibility index (Phi) is 4.53. The van der Waals surface area contributed by atoms with Crippen molar-refractivity contribution in [3.8, 4) is 0 Å². The molecule has 0 saturated heterocycles. The molecule has 0 aromatic rings. The van der Waals surface area contributed by atoms with E-state index in [0.29, 0.717) is 32.0 Å².